The van der Waals surface area contributed by atoms with Crippen LogP contribution in [0.15, 0.2) is 63.8 Å². The number of benzene rings is 2. The molecular weight excluding hydrogens is 362 g/mol. The number of hydrogen-bond acceptors (Lipinski definition) is 6. The second-order valence-electron chi connectivity index (χ2n) is 6.52. The molecule has 0 aliphatic carbocycles. The van der Waals surface area contributed by atoms with Crippen molar-refractivity contribution in [1.29, 1.82) is 0 Å². The van der Waals surface area contributed by atoms with E-state index < -0.39 is 4.92 Å². The van der Waals surface area contributed by atoms with Crippen LogP contribution in [0.4, 0.5) is 11.4 Å². The molecule has 0 saturated carbocycles. The number of carbonyl (C=O) groups excluding carboxylic acids is 1. The average Bonchev–Trinajstić information content (AvgIpc) is 2.73. The molecule has 8 heteroatoms. The number of hydrogen-bond donors (Lipinski definition) is 0. The standard InChI is InChI=1S/C20H17N3O5/c24-17-13-19(28-18-4-2-1-3-16(17)18)20(25)22-11-9-21(10-12-22)14-5-7-15(8-6-14)23(26)27/h1-8,13H,9-12H2. The van der Waals surface area contributed by atoms with E-state index in [0.717, 1.165) is 5.69 Å². The van der Waals surface area contributed by atoms with Gasteiger partial charge in [0, 0.05) is 50.1 Å². The second-order valence-corrected chi connectivity index (χ2v) is 6.52. The Morgan fingerprint density at radius 1 is 1.00 bits per heavy atom. The number of para-hydroxylation sites is 1. The highest BCUT2D eigenvalue weighted by Gasteiger charge is 2.24. The van der Waals surface area contributed by atoms with Crippen molar-refractivity contribution in [2.24, 2.45) is 0 Å². The number of non-ortho nitro benzene ring substituents is 1. The molecule has 28 heavy (non-hydrogen) atoms. The predicted octanol–water partition coefficient (Wildman–Crippen LogP) is 2.66. The van der Waals surface area contributed by atoms with E-state index in [-0.39, 0.29) is 22.8 Å². The number of carbonyl (C=O) groups is 1. The highest BCUT2D eigenvalue weighted by Crippen LogP contribution is 2.21. The molecule has 1 aliphatic rings. The Kier molecular flexibility index (Phi) is 4.52. The minimum Gasteiger partial charge on any atom is -0.451 e. The molecule has 8 nitrogen and oxygen atoms in total. The van der Waals surface area contributed by atoms with Crippen molar-refractivity contribution in [3.63, 3.8) is 0 Å². The minimum atomic E-state index is -0.433. The Morgan fingerprint density at radius 3 is 2.36 bits per heavy atom. The summed E-state index contributed by atoms with van der Waals surface area (Å²) in [4.78, 5) is 39.0. The summed E-state index contributed by atoms with van der Waals surface area (Å²) in [5.74, 6) is -0.279. The van der Waals surface area contributed by atoms with Gasteiger partial charge < -0.3 is 14.2 Å². The molecule has 2 heterocycles. The van der Waals surface area contributed by atoms with Crippen molar-refractivity contribution in [1.82, 2.24) is 4.90 Å². The summed E-state index contributed by atoms with van der Waals surface area (Å²) in [5, 5.41) is 11.2. The third kappa shape index (κ3) is 3.32. The van der Waals surface area contributed by atoms with Crippen molar-refractivity contribution < 1.29 is 14.1 Å². The van der Waals surface area contributed by atoms with Gasteiger partial charge in [-0.05, 0) is 24.3 Å². The predicted molar refractivity (Wildman–Crippen MR) is 104 cm³/mol. The molecule has 1 saturated heterocycles. The van der Waals surface area contributed by atoms with Gasteiger partial charge in [-0.15, -0.1) is 0 Å². The molecule has 4 rings (SSSR count). The van der Waals surface area contributed by atoms with Gasteiger partial charge in [0.25, 0.3) is 11.6 Å². The maximum atomic E-state index is 12.8. The van der Waals surface area contributed by atoms with E-state index in [0.29, 0.717) is 37.1 Å². The largest absolute Gasteiger partial charge is 0.451 e. The molecule has 142 valence electrons. The Bertz CT molecular complexity index is 1100. The number of nitro benzene ring substituents is 1. The number of fused-ring (bicyclic) bond motifs is 1. The van der Waals surface area contributed by atoms with Crippen LogP contribution < -0.4 is 10.3 Å². The topological polar surface area (TPSA) is 96.9 Å². The highest BCUT2D eigenvalue weighted by atomic mass is 16.6. The van der Waals surface area contributed by atoms with Gasteiger partial charge in [-0.1, -0.05) is 12.1 Å². The smallest absolute Gasteiger partial charge is 0.289 e. The molecule has 0 N–H and O–H groups in total. The van der Waals surface area contributed by atoms with Gasteiger partial charge in [0.1, 0.15) is 5.58 Å². The SMILES string of the molecule is O=C(c1cc(=O)c2ccccc2o1)N1CCN(c2ccc([N+](=O)[O-])cc2)CC1. The Labute approximate surface area is 159 Å². The first-order chi connectivity index (χ1) is 13.5. The van der Waals surface area contributed by atoms with Gasteiger partial charge >= 0.3 is 0 Å². The number of nitrogens with zero attached hydrogens (tertiary/aromatic N) is 3. The third-order valence-electron chi connectivity index (χ3n) is 4.84. The molecule has 1 fully saturated rings. The summed E-state index contributed by atoms with van der Waals surface area (Å²) in [6.07, 6.45) is 0. The molecule has 1 aliphatic heterocycles. The van der Waals surface area contributed by atoms with Crippen molar-refractivity contribution >= 4 is 28.3 Å². The summed E-state index contributed by atoms with van der Waals surface area (Å²) >= 11 is 0. The lowest BCUT2D eigenvalue weighted by molar-refractivity contribution is -0.384. The molecule has 2 aromatic carbocycles. The van der Waals surface area contributed by atoms with Crippen LogP contribution in [0.3, 0.4) is 0 Å². The summed E-state index contributed by atoms with van der Waals surface area (Å²) in [6.45, 7) is 2.10. The average molecular weight is 379 g/mol. The van der Waals surface area contributed by atoms with Gasteiger partial charge in [0.05, 0.1) is 10.3 Å². The Hall–Kier alpha value is -3.68. The second kappa shape index (κ2) is 7.15. The van der Waals surface area contributed by atoms with Crippen molar-refractivity contribution in [3.05, 3.63) is 80.7 Å². The van der Waals surface area contributed by atoms with Crippen molar-refractivity contribution in [2.45, 2.75) is 0 Å². The first kappa shape index (κ1) is 17.7. The summed E-state index contributed by atoms with van der Waals surface area (Å²) in [7, 11) is 0. The summed E-state index contributed by atoms with van der Waals surface area (Å²) in [5.41, 5.74) is 1.07. The summed E-state index contributed by atoms with van der Waals surface area (Å²) < 4.78 is 5.64. The van der Waals surface area contributed by atoms with Crippen LogP contribution in [0, 0.1) is 10.1 Å². The Morgan fingerprint density at radius 2 is 1.68 bits per heavy atom. The fourth-order valence-corrected chi connectivity index (χ4v) is 3.32. The molecule has 0 radical (unpaired) electrons. The monoisotopic (exact) mass is 379 g/mol. The fourth-order valence-electron chi connectivity index (χ4n) is 3.32. The molecule has 0 spiro atoms. The van der Waals surface area contributed by atoms with Gasteiger partial charge in [-0.3, -0.25) is 19.7 Å². The maximum Gasteiger partial charge on any atom is 0.289 e. The van der Waals surface area contributed by atoms with E-state index in [1.807, 2.05) is 0 Å². The first-order valence-electron chi connectivity index (χ1n) is 8.84. The molecule has 1 aromatic heterocycles. The van der Waals surface area contributed by atoms with E-state index >= 15 is 0 Å². The first-order valence-corrected chi connectivity index (χ1v) is 8.84. The van der Waals surface area contributed by atoms with Crippen molar-refractivity contribution in [2.75, 3.05) is 31.1 Å². The Balaban J connectivity index is 1.47. The van der Waals surface area contributed by atoms with Gasteiger partial charge in [-0.2, -0.15) is 0 Å². The van der Waals surface area contributed by atoms with Crippen LogP contribution in [-0.4, -0.2) is 41.9 Å². The number of rotatable bonds is 3. The minimum absolute atomic E-state index is 0.0347. The number of anilines is 1. The molecule has 0 unspecified atom stereocenters. The maximum absolute atomic E-state index is 12.8. The van der Waals surface area contributed by atoms with E-state index in [4.69, 9.17) is 4.42 Å². The highest BCUT2D eigenvalue weighted by molar-refractivity contribution is 5.93. The zero-order chi connectivity index (χ0) is 19.7. The van der Waals surface area contributed by atoms with E-state index in [9.17, 15) is 19.7 Å². The van der Waals surface area contributed by atoms with Crippen LogP contribution in [0.1, 0.15) is 10.6 Å². The number of amides is 1. The van der Waals surface area contributed by atoms with Gasteiger partial charge in [-0.25, -0.2) is 0 Å². The normalized spacial score (nSPS) is 14.3. The summed E-state index contributed by atoms with van der Waals surface area (Å²) in [6, 6.07) is 14.4. The zero-order valence-electron chi connectivity index (χ0n) is 14.9. The van der Waals surface area contributed by atoms with Crippen LogP contribution in [0.5, 0.6) is 0 Å². The lowest BCUT2D eigenvalue weighted by atomic mass is 10.2. The van der Waals surface area contributed by atoms with E-state index in [1.165, 1.54) is 18.2 Å². The quantitative estimate of drug-likeness (QED) is 0.513. The molecule has 3 aromatic rings. The lowest BCUT2D eigenvalue weighted by Gasteiger charge is -2.35. The van der Waals surface area contributed by atoms with Crippen LogP contribution in [-0.2, 0) is 0 Å². The van der Waals surface area contributed by atoms with Crippen molar-refractivity contribution in [3.8, 4) is 0 Å². The third-order valence-corrected chi connectivity index (χ3v) is 4.84. The zero-order valence-corrected chi connectivity index (χ0v) is 14.9. The van der Waals surface area contributed by atoms with Gasteiger partial charge in [0.15, 0.2) is 11.2 Å². The van der Waals surface area contributed by atoms with Crippen LogP contribution >= 0.6 is 0 Å². The van der Waals surface area contributed by atoms with E-state index in [2.05, 4.69) is 4.90 Å². The van der Waals surface area contributed by atoms with Crippen LogP contribution in [0.25, 0.3) is 11.0 Å². The molecular formula is C20H17N3O5. The molecule has 0 bridgehead atoms. The molecule has 0 atom stereocenters. The fraction of sp³-hybridized carbons (Fsp3) is 0.200. The van der Waals surface area contributed by atoms with Crippen LogP contribution in [0.2, 0.25) is 0 Å². The lowest BCUT2D eigenvalue weighted by Crippen LogP contribution is -2.48. The number of piperazine rings is 1. The van der Waals surface area contributed by atoms with Gasteiger partial charge in [0.2, 0.25) is 0 Å². The molecule has 1 amide bonds. The number of nitro groups is 1. The van der Waals surface area contributed by atoms with E-state index in [1.54, 1.807) is 41.3 Å².